The van der Waals surface area contributed by atoms with Crippen LogP contribution in [-0.2, 0) is 11.3 Å². The Morgan fingerprint density at radius 2 is 2.05 bits per heavy atom. The van der Waals surface area contributed by atoms with Crippen LogP contribution in [0.1, 0.15) is 44.2 Å². The molecule has 22 heavy (non-hydrogen) atoms. The van der Waals surface area contributed by atoms with Crippen LogP contribution in [0, 0.1) is 6.92 Å². The molecule has 4 nitrogen and oxygen atoms in total. The summed E-state index contributed by atoms with van der Waals surface area (Å²) in [5.74, 6) is 0.0677. The molecule has 0 radical (unpaired) electrons. The fourth-order valence-electron chi connectivity index (χ4n) is 3.21. The molecule has 3 unspecified atom stereocenters. The molecule has 0 saturated carbocycles. The number of amides is 1. The number of hydrogen-bond donors (Lipinski definition) is 2. The Bertz CT molecular complexity index is 484. The maximum Gasteiger partial charge on any atom is 0.237 e. The van der Waals surface area contributed by atoms with E-state index in [0.717, 1.165) is 31.4 Å². The Morgan fingerprint density at radius 3 is 2.68 bits per heavy atom. The second-order valence-electron chi connectivity index (χ2n) is 6.50. The molecule has 1 heterocycles. The van der Waals surface area contributed by atoms with Crippen LogP contribution in [0.25, 0.3) is 0 Å². The molecule has 1 aliphatic rings. The summed E-state index contributed by atoms with van der Waals surface area (Å²) in [6, 6.07) is 8.39. The van der Waals surface area contributed by atoms with E-state index < -0.39 is 0 Å². The van der Waals surface area contributed by atoms with Gasteiger partial charge in [-0.2, -0.15) is 0 Å². The highest BCUT2D eigenvalue weighted by Gasteiger charge is 2.32. The van der Waals surface area contributed by atoms with Gasteiger partial charge in [0, 0.05) is 12.6 Å². The molecule has 0 spiro atoms. The van der Waals surface area contributed by atoms with Gasteiger partial charge < -0.3 is 10.4 Å². The first-order valence-electron chi connectivity index (χ1n) is 8.24. The predicted octanol–water partition coefficient (Wildman–Crippen LogP) is 2.24. The van der Waals surface area contributed by atoms with Gasteiger partial charge >= 0.3 is 0 Å². The van der Waals surface area contributed by atoms with Gasteiger partial charge in [0.2, 0.25) is 5.91 Å². The number of nitrogens with one attached hydrogen (secondary N) is 1. The lowest BCUT2D eigenvalue weighted by molar-refractivity contribution is -0.126. The molecule has 0 aliphatic carbocycles. The molecule has 122 valence electrons. The molecule has 2 N–H and O–H groups in total. The molecular formula is C18H28N2O2. The number of aliphatic hydroxyl groups excluding tert-OH is 1. The minimum absolute atomic E-state index is 0.0677. The summed E-state index contributed by atoms with van der Waals surface area (Å²) in [5.41, 5.74) is 2.34. The zero-order valence-corrected chi connectivity index (χ0v) is 13.9. The number of nitrogens with zero attached hydrogens (tertiary/aromatic N) is 1. The van der Waals surface area contributed by atoms with Crippen LogP contribution in [0.3, 0.4) is 0 Å². The van der Waals surface area contributed by atoms with Crippen LogP contribution in [0.15, 0.2) is 24.3 Å². The van der Waals surface area contributed by atoms with Crippen molar-refractivity contribution in [2.75, 3.05) is 6.54 Å². The number of benzene rings is 1. The molecule has 2 rings (SSSR count). The number of carbonyl (C=O) groups excluding carboxylic acids is 1. The molecular weight excluding hydrogens is 276 g/mol. The van der Waals surface area contributed by atoms with Crippen molar-refractivity contribution in [3.63, 3.8) is 0 Å². The van der Waals surface area contributed by atoms with Crippen molar-refractivity contribution in [1.82, 2.24) is 10.2 Å². The van der Waals surface area contributed by atoms with Crippen LogP contribution >= 0.6 is 0 Å². The number of likely N-dealkylation sites (tertiary alicyclic amines) is 1. The van der Waals surface area contributed by atoms with Crippen molar-refractivity contribution in [3.05, 3.63) is 35.4 Å². The van der Waals surface area contributed by atoms with Crippen LogP contribution in [0.5, 0.6) is 0 Å². The molecule has 4 heteroatoms. The smallest absolute Gasteiger partial charge is 0.237 e. The summed E-state index contributed by atoms with van der Waals surface area (Å²) in [4.78, 5) is 14.6. The SMILES string of the molecule is Cc1ccc(CNC(=O)C(C)N2CCCC2CC(C)O)cc1. The minimum Gasteiger partial charge on any atom is -0.393 e. The predicted molar refractivity (Wildman–Crippen MR) is 88.5 cm³/mol. The van der Waals surface area contributed by atoms with Crippen LogP contribution in [0.4, 0.5) is 0 Å². The van der Waals surface area contributed by atoms with E-state index in [1.165, 1.54) is 5.56 Å². The van der Waals surface area contributed by atoms with E-state index in [1.54, 1.807) is 0 Å². The largest absolute Gasteiger partial charge is 0.393 e. The van der Waals surface area contributed by atoms with Crippen molar-refractivity contribution in [3.8, 4) is 0 Å². The van der Waals surface area contributed by atoms with E-state index in [1.807, 2.05) is 26.0 Å². The molecule has 1 aromatic rings. The maximum atomic E-state index is 12.4. The molecule has 1 fully saturated rings. The van der Waals surface area contributed by atoms with E-state index in [-0.39, 0.29) is 18.1 Å². The number of carbonyl (C=O) groups is 1. The van der Waals surface area contributed by atoms with Gasteiger partial charge in [0.05, 0.1) is 12.1 Å². The van der Waals surface area contributed by atoms with Gasteiger partial charge in [-0.15, -0.1) is 0 Å². The highest BCUT2D eigenvalue weighted by Crippen LogP contribution is 2.23. The number of rotatable bonds is 6. The molecule has 1 aliphatic heterocycles. The first-order valence-corrected chi connectivity index (χ1v) is 8.24. The standard InChI is InChI=1S/C18H28N2O2/c1-13-6-8-16(9-7-13)12-19-18(22)15(3)20-10-4-5-17(20)11-14(2)21/h6-9,14-15,17,21H,4-5,10-12H2,1-3H3,(H,19,22). The zero-order valence-electron chi connectivity index (χ0n) is 13.9. The fourth-order valence-corrected chi connectivity index (χ4v) is 3.21. The van der Waals surface area contributed by atoms with Gasteiger partial charge in [0.25, 0.3) is 0 Å². The average molecular weight is 304 g/mol. The molecule has 0 aromatic heterocycles. The highest BCUT2D eigenvalue weighted by atomic mass is 16.3. The Hall–Kier alpha value is -1.39. The van der Waals surface area contributed by atoms with E-state index in [2.05, 4.69) is 29.3 Å². The third-order valence-corrected chi connectivity index (χ3v) is 4.50. The third kappa shape index (κ3) is 4.55. The number of aryl methyl sites for hydroxylation is 1. The van der Waals surface area contributed by atoms with Gasteiger partial charge in [-0.25, -0.2) is 0 Å². The Morgan fingerprint density at radius 1 is 1.36 bits per heavy atom. The molecule has 1 amide bonds. The molecule has 0 bridgehead atoms. The first kappa shape index (κ1) is 17.0. The van der Waals surface area contributed by atoms with Crippen molar-refractivity contribution >= 4 is 5.91 Å². The minimum atomic E-state index is -0.312. The topological polar surface area (TPSA) is 52.6 Å². The fraction of sp³-hybridized carbons (Fsp3) is 0.611. The molecule has 3 atom stereocenters. The van der Waals surface area contributed by atoms with E-state index in [4.69, 9.17) is 0 Å². The number of aliphatic hydroxyl groups is 1. The van der Waals surface area contributed by atoms with Crippen molar-refractivity contribution in [2.24, 2.45) is 0 Å². The lowest BCUT2D eigenvalue weighted by Gasteiger charge is -2.30. The van der Waals surface area contributed by atoms with Gasteiger partial charge in [-0.1, -0.05) is 29.8 Å². The third-order valence-electron chi connectivity index (χ3n) is 4.50. The lowest BCUT2D eigenvalue weighted by Crippen LogP contribution is -2.47. The van der Waals surface area contributed by atoms with Gasteiger partial charge in [0.1, 0.15) is 0 Å². The van der Waals surface area contributed by atoms with Gasteiger partial charge in [-0.05, 0) is 52.1 Å². The van der Waals surface area contributed by atoms with Crippen LogP contribution in [-0.4, -0.2) is 40.6 Å². The second-order valence-corrected chi connectivity index (χ2v) is 6.50. The van der Waals surface area contributed by atoms with Crippen LogP contribution in [0.2, 0.25) is 0 Å². The first-order chi connectivity index (χ1) is 10.5. The molecule has 1 aromatic carbocycles. The maximum absolute atomic E-state index is 12.4. The normalized spacial score (nSPS) is 21.5. The zero-order chi connectivity index (χ0) is 16.1. The van der Waals surface area contributed by atoms with Gasteiger partial charge in [-0.3, -0.25) is 9.69 Å². The summed E-state index contributed by atoms with van der Waals surface area (Å²) in [5, 5.41) is 12.6. The summed E-state index contributed by atoms with van der Waals surface area (Å²) in [7, 11) is 0. The Kier molecular flexibility index (Phi) is 5.98. The summed E-state index contributed by atoms with van der Waals surface area (Å²) in [6.45, 7) is 7.35. The quantitative estimate of drug-likeness (QED) is 0.847. The summed E-state index contributed by atoms with van der Waals surface area (Å²) < 4.78 is 0. The van der Waals surface area contributed by atoms with E-state index in [9.17, 15) is 9.90 Å². The molecule has 1 saturated heterocycles. The van der Waals surface area contributed by atoms with Crippen molar-refractivity contribution in [2.45, 2.75) is 64.8 Å². The Balaban J connectivity index is 1.87. The second kappa shape index (κ2) is 7.75. The average Bonchev–Trinajstić information content (AvgIpc) is 2.92. The van der Waals surface area contributed by atoms with E-state index >= 15 is 0 Å². The van der Waals surface area contributed by atoms with Crippen LogP contribution < -0.4 is 5.32 Å². The monoisotopic (exact) mass is 304 g/mol. The number of hydrogen-bond acceptors (Lipinski definition) is 3. The highest BCUT2D eigenvalue weighted by molar-refractivity contribution is 5.81. The summed E-state index contributed by atoms with van der Waals surface area (Å²) >= 11 is 0. The van der Waals surface area contributed by atoms with Crippen molar-refractivity contribution < 1.29 is 9.90 Å². The Labute approximate surface area is 133 Å². The summed E-state index contributed by atoms with van der Waals surface area (Å²) in [6.07, 6.45) is 2.61. The lowest BCUT2D eigenvalue weighted by atomic mass is 10.1. The van der Waals surface area contributed by atoms with E-state index in [0.29, 0.717) is 12.6 Å². The van der Waals surface area contributed by atoms with Gasteiger partial charge in [0.15, 0.2) is 0 Å². The van der Waals surface area contributed by atoms with Crippen molar-refractivity contribution in [1.29, 1.82) is 0 Å².